The molecule has 0 unspecified atom stereocenters. The number of Topliss-reactive ketones (excluding diaryl/α,β-unsaturated/α-hetero) is 1. The van der Waals surface area contributed by atoms with Crippen LogP contribution in [0, 0.1) is 5.82 Å². The monoisotopic (exact) mass is 223 g/mol. The Morgan fingerprint density at radius 3 is 2.50 bits per heavy atom. The molecule has 0 aliphatic heterocycles. The van der Waals surface area contributed by atoms with Gasteiger partial charge in [0.15, 0.2) is 5.78 Å². The maximum Gasteiger partial charge on any atom is 0.161 e. The second kappa shape index (κ2) is 5.10. The van der Waals surface area contributed by atoms with E-state index in [0.717, 1.165) is 0 Å². The summed E-state index contributed by atoms with van der Waals surface area (Å²) in [6.07, 6.45) is 0. The fourth-order valence-electron chi connectivity index (χ4n) is 1.87. The third-order valence-electron chi connectivity index (χ3n) is 2.62. The SMILES string of the molecule is CCN(c1c(F)cccc1C(C)=O)C(C)C. The molecule has 16 heavy (non-hydrogen) atoms. The highest BCUT2D eigenvalue weighted by Gasteiger charge is 2.19. The number of ketones is 1. The van der Waals surface area contributed by atoms with E-state index in [-0.39, 0.29) is 17.6 Å². The summed E-state index contributed by atoms with van der Waals surface area (Å²) in [6, 6.07) is 4.81. The van der Waals surface area contributed by atoms with Crippen molar-refractivity contribution in [2.75, 3.05) is 11.4 Å². The number of para-hydroxylation sites is 1. The molecular weight excluding hydrogens is 205 g/mol. The molecule has 0 aliphatic rings. The lowest BCUT2D eigenvalue weighted by Crippen LogP contribution is -2.32. The number of carbonyl (C=O) groups is 1. The van der Waals surface area contributed by atoms with Crippen LogP contribution in [0.15, 0.2) is 18.2 Å². The summed E-state index contributed by atoms with van der Waals surface area (Å²) in [5, 5.41) is 0. The molecule has 1 aromatic carbocycles. The minimum atomic E-state index is -0.330. The number of anilines is 1. The number of halogens is 1. The third-order valence-corrected chi connectivity index (χ3v) is 2.62. The fraction of sp³-hybridized carbons (Fsp3) is 0.462. The lowest BCUT2D eigenvalue weighted by molar-refractivity contribution is 0.101. The standard InChI is InChI=1S/C13H18FNO/c1-5-15(9(2)3)13-11(10(4)16)7-6-8-12(13)14/h6-9H,5H2,1-4H3. The van der Waals surface area contributed by atoms with Crippen LogP contribution in [-0.4, -0.2) is 18.4 Å². The number of hydrogen-bond donors (Lipinski definition) is 0. The van der Waals surface area contributed by atoms with Crippen molar-refractivity contribution < 1.29 is 9.18 Å². The van der Waals surface area contributed by atoms with Crippen molar-refractivity contribution in [3.63, 3.8) is 0 Å². The normalized spacial score (nSPS) is 10.6. The average Bonchev–Trinajstić information content (AvgIpc) is 2.20. The number of hydrogen-bond acceptors (Lipinski definition) is 2. The van der Waals surface area contributed by atoms with Crippen LogP contribution in [0.3, 0.4) is 0 Å². The number of carbonyl (C=O) groups excluding carboxylic acids is 1. The minimum absolute atomic E-state index is 0.103. The Hall–Kier alpha value is -1.38. The van der Waals surface area contributed by atoms with Gasteiger partial charge in [-0.2, -0.15) is 0 Å². The lowest BCUT2D eigenvalue weighted by atomic mass is 10.1. The van der Waals surface area contributed by atoms with Gasteiger partial charge in [-0.15, -0.1) is 0 Å². The van der Waals surface area contributed by atoms with Gasteiger partial charge in [-0.1, -0.05) is 6.07 Å². The summed E-state index contributed by atoms with van der Waals surface area (Å²) in [4.78, 5) is 13.4. The average molecular weight is 223 g/mol. The number of benzene rings is 1. The van der Waals surface area contributed by atoms with Gasteiger partial charge in [-0.25, -0.2) is 4.39 Å². The van der Waals surface area contributed by atoms with E-state index in [1.54, 1.807) is 12.1 Å². The molecule has 2 nitrogen and oxygen atoms in total. The Labute approximate surface area is 96.1 Å². The molecule has 0 saturated heterocycles. The summed E-state index contributed by atoms with van der Waals surface area (Å²) in [5.41, 5.74) is 0.878. The minimum Gasteiger partial charge on any atom is -0.366 e. The molecule has 0 fully saturated rings. The van der Waals surface area contributed by atoms with Crippen LogP contribution in [0.1, 0.15) is 38.1 Å². The summed E-state index contributed by atoms with van der Waals surface area (Å²) >= 11 is 0. The van der Waals surface area contributed by atoms with Crippen LogP contribution in [-0.2, 0) is 0 Å². The Bertz CT molecular complexity index is 388. The first kappa shape index (κ1) is 12.7. The molecule has 0 bridgehead atoms. The molecule has 0 aliphatic carbocycles. The van der Waals surface area contributed by atoms with Crippen molar-refractivity contribution in [3.8, 4) is 0 Å². The van der Waals surface area contributed by atoms with Gasteiger partial charge in [0.05, 0.1) is 5.69 Å². The van der Waals surface area contributed by atoms with Crippen molar-refractivity contribution in [2.45, 2.75) is 33.7 Å². The van der Waals surface area contributed by atoms with Crippen LogP contribution in [0.4, 0.5) is 10.1 Å². The van der Waals surface area contributed by atoms with E-state index in [1.165, 1.54) is 13.0 Å². The van der Waals surface area contributed by atoms with E-state index in [2.05, 4.69) is 0 Å². The molecular formula is C13H18FNO. The Kier molecular flexibility index (Phi) is 4.05. The summed E-state index contributed by atoms with van der Waals surface area (Å²) in [7, 11) is 0. The van der Waals surface area contributed by atoms with Gasteiger partial charge in [0.25, 0.3) is 0 Å². The topological polar surface area (TPSA) is 20.3 Å². The first-order chi connectivity index (χ1) is 7.49. The Morgan fingerprint density at radius 2 is 2.06 bits per heavy atom. The van der Waals surface area contributed by atoms with Gasteiger partial charge in [0, 0.05) is 18.2 Å². The van der Waals surface area contributed by atoms with E-state index >= 15 is 0 Å². The summed E-state index contributed by atoms with van der Waals surface area (Å²) in [5.74, 6) is -0.433. The highest BCUT2D eigenvalue weighted by molar-refractivity contribution is 5.99. The van der Waals surface area contributed by atoms with Gasteiger partial charge in [0.1, 0.15) is 5.82 Å². The number of nitrogens with zero attached hydrogens (tertiary/aromatic N) is 1. The highest BCUT2D eigenvalue weighted by Crippen LogP contribution is 2.26. The van der Waals surface area contributed by atoms with Crippen molar-refractivity contribution in [1.82, 2.24) is 0 Å². The van der Waals surface area contributed by atoms with E-state index in [1.807, 2.05) is 25.7 Å². The Morgan fingerprint density at radius 1 is 1.44 bits per heavy atom. The smallest absolute Gasteiger partial charge is 0.161 e. The second-order valence-corrected chi connectivity index (χ2v) is 4.07. The van der Waals surface area contributed by atoms with Crippen LogP contribution >= 0.6 is 0 Å². The molecule has 0 atom stereocenters. The largest absolute Gasteiger partial charge is 0.366 e. The first-order valence-corrected chi connectivity index (χ1v) is 5.55. The highest BCUT2D eigenvalue weighted by atomic mass is 19.1. The maximum absolute atomic E-state index is 13.8. The predicted molar refractivity (Wildman–Crippen MR) is 64.6 cm³/mol. The quantitative estimate of drug-likeness (QED) is 0.730. The fourth-order valence-corrected chi connectivity index (χ4v) is 1.87. The van der Waals surface area contributed by atoms with Gasteiger partial charge >= 0.3 is 0 Å². The maximum atomic E-state index is 13.8. The van der Waals surface area contributed by atoms with Crippen LogP contribution in [0.2, 0.25) is 0 Å². The molecule has 3 heteroatoms. The van der Waals surface area contributed by atoms with E-state index < -0.39 is 0 Å². The van der Waals surface area contributed by atoms with Crippen LogP contribution in [0.25, 0.3) is 0 Å². The lowest BCUT2D eigenvalue weighted by Gasteiger charge is -2.29. The zero-order valence-electron chi connectivity index (χ0n) is 10.2. The second-order valence-electron chi connectivity index (χ2n) is 4.07. The van der Waals surface area contributed by atoms with E-state index in [0.29, 0.717) is 17.8 Å². The summed E-state index contributed by atoms with van der Waals surface area (Å²) in [6.45, 7) is 8.07. The molecule has 0 amide bonds. The van der Waals surface area contributed by atoms with Gasteiger partial charge < -0.3 is 4.90 Å². The van der Waals surface area contributed by atoms with Crippen LogP contribution in [0.5, 0.6) is 0 Å². The molecule has 0 saturated carbocycles. The Balaban J connectivity index is 3.34. The molecule has 1 aromatic rings. The summed E-state index contributed by atoms with van der Waals surface area (Å²) < 4.78 is 13.8. The van der Waals surface area contributed by atoms with Crippen molar-refractivity contribution in [3.05, 3.63) is 29.6 Å². The third kappa shape index (κ3) is 2.40. The first-order valence-electron chi connectivity index (χ1n) is 5.55. The van der Waals surface area contributed by atoms with Crippen molar-refractivity contribution in [1.29, 1.82) is 0 Å². The molecule has 1 rings (SSSR count). The van der Waals surface area contributed by atoms with Crippen molar-refractivity contribution >= 4 is 11.5 Å². The van der Waals surface area contributed by atoms with Gasteiger partial charge in [-0.3, -0.25) is 4.79 Å². The molecule has 88 valence electrons. The van der Waals surface area contributed by atoms with E-state index in [9.17, 15) is 9.18 Å². The van der Waals surface area contributed by atoms with Crippen molar-refractivity contribution in [2.24, 2.45) is 0 Å². The van der Waals surface area contributed by atoms with Gasteiger partial charge in [0.2, 0.25) is 0 Å². The van der Waals surface area contributed by atoms with Crippen LogP contribution < -0.4 is 4.90 Å². The van der Waals surface area contributed by atoms with Gasteiger partial charge in [-0.05, 0) is 39.8 Å². The molecule has 0 spiro atoms. The van der Waals surface area contributed by atoms with E-state index in [4.69, 9.17) is 0 Å². The number of rotatable bonds is 4. The molecule has 0 N–H and O–H groups in total. The molecule has 0 aromatic heterocycles. The zero-order chi connectivity index (χ0) is 12.3. The zero-order valence-corrected chi connectivity index (χ0v) is 10.2. The molecule has 0 heterocycles. The molecule has 0 radical (unpaired) electrons. The predicted octanol–water partition coefficient (Wildman–Crippen LogP) is 3.26.